The first-order valence-corrected chi connectivity index (χ1v) is 3.64. The van der Waals surface area contributed by atoms with Crippen molar-refractivity contribution in [1.29, 1.82) is 0 Å². The third-order valence-electron chi connectivity index (χ3n) is 1.71. The number of rotatable bonds is 1. The number of pyridine rings is 1. The van der Waals surface area contributed by atoms with E-state index in [0.29, 0.717) is 6.20 Å². The Morgan fingerprint density at radius 2 is 1.79 bits per heavy atom. The van der Waals surface area contributed by atoms with Crippen LogP contribution in [-0.4, -0.2) is 4.98 Å². The van der Waals surface area contributed by atoms with Crippen LogP contribution in [0.5, 0.6) is 0 Å². The smallest absolute Gasteiger partial charge is 0.264 e. The van der Waals surface area contributed by atoms with Crippen molar-refractivity contribution in [1.82, 2.24) is 4.98 Å². The molecule has 6 heteroatoms. The lowest BCUT2D eigenvalue weighted by atomic mass is 10.1. The maximum absolute atomic E-state index is 12.3. The van der Waals surface area contributed by atoms with Gasteiger partial charge in [0, 0.05) is 18.0 Å². The second-order valence-electron chi connectivity index (χ2n) is 2.72. The van der Waals surface area contributed by atoms with E-state index in [0.717, 1.165) is 6.20 Å². The van der Waals surface area contributed by atoms with Crippen LogP contribution in [0.3, 0.4) is 0 Å². The highest BCUT2D eigenvalue weighted by molar-refractivity contribution is 5.33. The number of aromatic nitrogens is 1. The molecule has 0 aliphatic carbocycles. The Morgan fingerprint density at radius 3 is 2.14 bits per heavy atom. The Balaban J connectivity index is 3.36. The lowest BCUT2D eigenvalue weighted by molar-refractivity contribution is -0.139. The van der Waals surface area contributed by atoms with Gasteiger partial charge in [0.25, 0.3) is 6.43 Å². The van der Waals surface area contributed by atoms with E-state index in [4.69, 9.17) is 0 Å². The van der Waals surface area contributed by atoms with Crippen molar-refractivity contribution in [2.75, 3.05) is 0 Å². The molecule has 0 aliphatic heterocycles. The van der Waals surface area contributed by atoms with Gasteiger partial charge in [-0.15, -0.1) is 0 Å². The normalized spacial score (nSPS) is 12.2. The number of alkyl halides is 5. The van der Waals surface area contributed by atoms with Gasteiger partial charge in [0.05, 0.1) is 5.56 Å². The summed E-state index contributed by atoms with van der Waals surface area (Å²) in [7, 11) is 0. The molecule has 1 heterocycles. The first-order chi connectivity index (χ1) is 6.34. The quantitative estimate of drug-likeness (QED) is 0.649. The highest BCUT2D eigenvalue weighted by atomic mass is 19.4. The summed E-state index contributed by atoms with van der Waals surface area (Å²) in [6.45, 7) is 1.17. The summed E-state index contributed by atoms with van der Waals surface area (Å²) < 4.78 is 61.2. The Bertz CT molecular complexity index is 331. The van der Waals surface area contributed by atoms with Crippen LogP contribution in [0.2, 0.25) is 0 Å². The Morgan fingerprint density at radius 1 is 1.21 bits per heavy atom. The van der Waals surface area contributed by atoms with E-state index in [1.54, 1.807) is 0 Å². The van der Waals surface area contributed by atoms with Crippen LogP contribution >= 0.6 is 0 Å². The first-order valence-electron chi connectivity index (χ1n) is 3.64. The molecular formula is C8H6F5N. The van der Waals surface area contributed by atoms with Gasteiger partial charge in [0.1, 0.15) is 0 Å². The first kappa shape index (κ1) is 10.9. The predicted molar refractivity (Wildman–Crippen MR) is 38.9 cm³/mol. The summed E-state index contributed by atoms with van der Waals surface area (Å²) in [5.41, 5.74) is -2.52. The Hall–Kier alpha value is -1.20. The molecule has 1 aromatic rings. The molecule has 0 amide bonds. The van der Waals surface area contributed by atoms with Gasteiger partial charge < -0.3 is 0 Å². The van der Waals surface area contributed by atoms with Crippen molar-refractivity contribution >= 4 is 0 Å². The molecule has 0 fully saturated rings. The third kappa shape index (κ3) is 2.00. The molecule has 0 aromatic carbocycles. The van der Waals surface area contributed by atoms with Gasteiger partial charge in [-0.1, -0.05) is 0 Å². The maximum Gasteiger partial charge on any atom is 0.418 e. The van der Waals surface area contributed by atoms with Gasteiger partial charge in [0.2, 0.25) is 0 Å². The molecule has 0 aliphatic rings. The minimum atomic E-state index is -4.79. The van der Waals surface area contributed by atoms with Crippen LogP contribution in [0.15, 0.2) is 12.4 Å². The fourth-order valence-electron chi connectivity index (χ4n) is 1.09. The number of halogens is 5. The highest BCUT2D eigenvalue weighted by Crippen LogP contribution is 2.36. The highest BCUT2D eigenvalue weighted by Gasteiger charge is 2.36. The van der Waals surface area contributed by atoms with Crippen LogP contribution in [0.4, 0.5) is 22.0 Å². The fraction of sp³-hybridized carbons (Fsp3) is 0.375. The molecule has 0 saturated heterocycles. The SMILES string of the molecule is Cc1cncc(C(F)(F)F)c1C(F)F. The molecule has 0 radical (unpaired) electrons. The van der Waals surface area contributed by atoms with Crippen LogP contribution in [0.1, 0.15) is 23.1 Å². The van der Waals surface area contributed by atoms with Crippen LogP contribution in [0.25, 0.3) is 0 Å². The minimum Gasteiger partial charge on any atom is -0.264 e. The summed E-state index contributed by atoms with van der Waals surface area (Å²) >= 11 is 0. The standard InChI is InChI=1S/C8H6F5N/c1-4-2-14-3-5(8(11,12)13)6(4)7(9)10/h2-3,7H,1H3. The molecule has 1 aromatic heterocycles. The molecule has 0 atom stereocenters. The zero-order valence-electron chi connectivity index (χ0n) is 7.07. The summed E-state index contributed by atoms with van der Waals surface area (Å²) in [6, 6.07) is 0. The largest absolute Gasteiger partial charge is 0.418 e. The molecule has 0 unspecified atom stereocenters. The second kappa shape index (κ2) is 3.51. The maximum atomic E-state index is 12.3. The van der Waals surface area contributed by atoms with Gasteiger partial charge in [-0.25, -0.2) is 8.78 Å². The Kier molecular flexibility index (Phi) is 2.73. The second-order valence-corrected chi connectivity index (χ2v) is 2.72. The van der Waals surface area contributed by atoms with E-state index < -0.39 is 23.7 Å². The van der Waals surface area contributed by atoms with Gasteiger partial charge in [-0.3, -0.25) is 4.98 Å². The van der Waals surface area contributed by atoms with E-state index in [9.17, 15) is 22.0 Å². The topological polar surface area (TPSA) is 12.9 Å². The van der Waals surface area contributed by atoms with Crippen molar-refractivity contribution in [3.8, 4) is 0 Å². The van der Waals surface area contributed by atoms with Gasteiger partial charge >= 0.3 is 6.18 Å². The summed E-state index contributed by atoms with van der Waals surface area (Å²) in [5, 5.41) is 0. The molecular weight excluding hydrogens is 205 g/mol. The minimum absolute atomic E-state index is 0.158. The van der Waals surface area contributed by atoms with E-state index in [1.807, 2.05) is 0 Å². The average molecular weight is 211 g/mol. The lowest BCUT2D eigenvalue weighted by Gasteiger charge is -2.13. The summed E-state index contributed by atoms with van der Waals surface area (Å²) in [5.74, 6) is 0. The predicted octanol–water partition coefficient (Wildman–Crippen LogP) is 3.35. The summed E-state index contributed by atoms with van der Waals surface area (Å²) in [6.07, 6.45) is -6.54. The molecule has 0 N–H and O–H groups in total. The number of aryl methyl sites for hydroxylation is 1. The Labute approximate surface area is 76.6 Å². The van der Waals surface area contributed by atoms with Crippen molar-refractivity contribution < 1.29 is 22.0 Å². The van der Waals surface area contributed by atoms with Crippen LogP contribution in [-0.2, 0) is 6.18 Å². The van der Waals surface area contributed by atoms with E-state index in [2.05, 4.69) is 4.98 Å². The molecule has 0 saturated carbocycles. The van der Waals surface area contributed by atoms with Crippen molar-refractivity contribution in [3.63, 3.8) is 0 Å². The van der Waals surface area contributed by atoms with Gasteiger partial charge in [-0.2, -0.15) is 13.2 Å². The summed E-state index contributed by atoms with van der Waals surface area (Å²) in [4.78, 5) is 3.24. The number of hydrogen-bond donors (Lipinski definition) is 0. The molecule has 0 spiro atoms. The van der Waals surface area contributed by atoms with E-state index in [-0.39, 0.29) is 5.56 Å². The average Bonchev–Trinajstić information content (AvgIpc) is 2.01. The van der Waals surface area contributed by atoms with Gasteiger partial charge in [-0.05, 0) is 12.5 Å². The molecule has 0 bridgehead atoms. The van der Waals surface area contributed by atoms with E-state index in [1.165, 1.54) is 6.92 Å². The van der Waals surface area contributed by atoms with Crippen molar-refractivity contribution in [3.05, 3.63) is 29.1 Å². The molecule has 1 rings (SSSR count). The molecule has 1 nitrogen and oxygen atoms in total. The van der Waals surface area contributed by atoms with Crippen molar-refractivity contribution in [2.45, 2.75) is 19.5 Å². The lowest BCUT2D eigenvalue weighted by Crippen LogP contribution is -2.11. The van der Waals surface area contributed by atoms with Crippen molar-refractivity contribution in [2.24, 2.45) is 0 Å². The molecule has 78 valence electrons. The van der Waals surface area contributed by atoms with E-state index >= 15 is 0 Å². The zero-order chi connectivity index (χ0) is 10.9. The third-order valence-corrected chi connectivity index (χ3v) is 1.71. The van der Waals surface area contributed by atoms with Crippen LogP contribution < -0.4 is 0 Å². The van der Waals surface area contributed by atoms with Gasteiger partial charge in [0.15, 0.2) is 0 Å². The number of hydrogen-bond acceptors (Lipinski definition) is 1. The molecule has 14 heavy (non-hydrogen) atoms. The fourth-order valence-corrected chi connectivity index (χ4v) is 1.09. The van der Waals surface area contributed by atoms with Crippen LogP contribution in [0, 0.1) is 6.92 Å². The number of nitrogens with zero attached hydrogens (tertiary/aromatic N) is 1. The zero-order valence-corrected chi connectivity index (χ0v) is 7.07. The monoisotopic (exact) mass is 211 g/mol.